The SMILES string of the molecule is C=CCn1c(=O)c2cnc(Nc3ccc(N4CCN(C5CC6(C5)CN(c5ccc7c(c5)C(=O)N(C5CCC(=O)NC5=O)C7=O)C6)CC4)cc3)nc2n1-c1ccc2c(n1)C(CC)CC2.CC. The molecule has 6 aliphatic rings. The molecule has 65 heavy (non-hydrogen) atoms. The first kappa shape index (κ1) is 42.3. The first-order valence-electron chi connectivity index (χ1n) is 23.2. The van der Waals surface area contributed by atoms with E-state index in [4.69, 9.17) is 9.97 Å². The Morgan fingerprint density at radius 1 is 0.846 bits per heavy atom. The quantitative estimate of drug-likeness (QED) is 0.132. The summed E-state index contributed by atoms with van der Waals surface area (Å²) in [6, 6.07) is 17.4. The van der Waals surface area contributed by atoms with Gasteiger partial charge < -0.3 is 15.1 Å². The number of rotatable bonds is 10. The van der Waals surface area contributed by atoms with Gasteiger partial charge in [-0.1, -0.05) is 32.9 Å². The highest BCUT2D eigenvalue weighted by Crippen LogP contribution is 2.52. The third kappa shape index (κ3) is 7.27. The summed E-state index contributed by atoms with van der Waals surface area (Å²) in [4.78, 5) is 87.0. The number of imide groups is 2. The summed E-state index contributed by atoms with van der Waals surface area (Å²) in [6.07, 6.45) is 8.96. The Morgan fingerprint density at radius 2 is 1.58 bits per heavy atom. The van der Waals surface area contributed by atoms with Crippen LogP contribution in [0.3, 0.4) is 0 Å². The Labute approximate surface area is 377 Å². The number of pyridine rings is 1. The fourth-order valence-electron chi connectivity index (χ4n) is 10.9. The smallest absolute Gasteiger partial charge is 0.278 e. The normalized spacial score (nSPS) is 21.4. The van der Waals surface area contributed by atoms with Gasteiger partial charge in [-0.25, -0.2) is 19.3 Å². The first-order valence-corrected chi connectivity index (χ1v) is 23.2. The van der Waals surface area contributed by atoms with Gasteiger partial charge in [0.1, 0.15) is 11.4 Å². The summed E-state index contributed by atoms with van der Waals surface area (Å²) in [5, 5.41) is 6.03. The second-order valence-electron chi connectivity index (χ2n) is 18.1. The lowest BCUT2D eigenvalue weighted by Gasteiger charge is -2.62. The molecule has 7 heterocycles. The van der Waals surface area contributed by atoms with Gasteiger partial charge >= 0.3 is 0 Å². The molecule has 0 radical (unpaired) electrons. The molecule has 4 amide bonds. The zero-order chi connectivity index (χ0) is 45.1. The number of benzene rings is 2. The van der Waals surface area contributed by atoms with Crippen molar-refractivity contribution in [1.82, 2.24) is 39.4 Å². The van der Waals surface area contributed by atoms with Gasteiger partial charge in [0.2, 0.25) is 17.8 Å². The Morgan fingerprint density at radius 3 is 2.31 bits per heavy atom. The maximum atomic E-state index is 13.5. The number of aryl methyl sites for hydroxylation is 1. The lowest BCUT2D eigenvalue weighted by molar-refractivity contribution is -0.136. The Hall–Kier alpha value is -6.68. The van der Waals surface area contributed by atoms with E-state index in [1.54, 1.807) is 33.8 Å². The molecule has 336 valence electrons. The fraction of sp³-hybridized carbons (Fsp3) is 0.429. The summed E-state index contributed by atoms with van der Waals surface area (Å²) in [6.45, 7) is 16.1. The van der Waals surface area contributed by atoms with Crippen LogP contribution in [0.25, 0.3) is 16.9 Å². The summed E-state index contributed by atoms with van der Waals surface area (Å²) in [5.74, 6) is -0.468. The van der Waals surface area contributed by atoms with Crippen LogP contribution in [0.15, 0.2) is 78.2 Å². The van der Waals surface area contributed by atoms with Gasteiger partial charge in [0.15, 0.2) is 11.5 Å². The van der Waals surface area contributed by atoms with Gasteiger partial charge in [-0.05, 0) is 92.6 Å². The lowest BCUT2D eigenvalue weighted by Crippen LogP contribution is -2.68. The number of aromatic nitrogens is 5. The van der Waals surface area contributed by atoms with Crippen molar-refractivity contribution in [3.63, 3.8) is 0 Å². The van der Waals surface area contributed by atoms with Crippen LogP contribution in [0, 0.1) is 5.41 Å². The second-order valence-corrected chi connectivity index (χ2v) is 18.1. The molecule has 2 N–H and O–H groups in total. The fourth-order valence-corrected chi connectivity index (χ4v) is 10.9. The monoisotopic (exact) mass is 877 g/mol. The number of fused-ring (bicyclic) bond motifs is 3. The van der Waals surface area contributed by atoms with Crippen LogP contribution in [0.1, 0.15) is 97.2 Å². The average Bonchev–Trinajstić information content (AvgIpc) is 3.91. The van der Waals surface area contributed by atoms with Crippen LogP contribution in [-0.2, 0) is 22.6 Å². The third-order valence-electron chi connectivity index (χ3n) is 14.3. The standard InChI is InChI=1S/C47H49N11O5.C2H6/c1-3-17-56-43(61)36-25-48-46(52-41(36)58(56)38-15-7-29-6-5-28(4-2)40(29)50-38)49-30-8-10-31(11-9-30)53-18-20-54(21-19-53)33-23-47(24-33)26-55(27-47)32-12-13-34-35(22-32)45(63)57(44(34)62)37-14-16-39(59)51-42(37)60;1-2/h3,7-13,15,22,25,28,33,37H,1,4-6,14,16-21,23-24,26-27H2,2H3,(H,48,49,52)(H,51,59,60);1-2H3. The topological polar surface area (TPSA) is 171 Å². The van der Waals surface area contributed by atoms with Gasteiger partial charge in [0, 0.05) is 92.0 Å². The third-order valence-corrected chi connectivity index (χ3v) is 14.3. The van der Waals surface area contributed by atoms with Crippen molar-refractivity contribution in [2.45, 2.75) is 90.3 Å². The summed E-state index contributed by atoms with van der Waals surface area (Å²) >= 11 is 0. The number of carbonyl (C=O) groups is 4. The van der Waals surface area contributed by atoms with Gasteiger partial charge in [-0.3, -0.25) is 39.1 Å². The zero-order valence-corrected chi connectivity index (χ0v) is 37.3. The highest BCUT2D eigenvalue weighted by Gasteiger charge is 2.54. The summed E-state index contributed by atoms with van der Waals surface area (Å²) in [7, 11) is 0. The Balaban J connectivity index is 0.00000246. The highest BCUT2D eigenvalue weighted by molar-refractivity contribution is 6.23. The minimum absolute atomic E-state index is 0.0965. The Bertz CT molecular complexity index is 2790. The second kappa shape index (κ2) is 16.7. The molecule has 16 heteroatoms. The number of hydrogen-bond donors (Lipinski definition) is 2. The van der Waals surface area contributed by atoms with Crippen molar-refractivity contribution in [3.05, 3.63) is 106 Å². The van der Waals surface area contributed by atoms with Gasteiger partial charge in [0.25, 0.3) is 17.4 Å². The molecule has 2 atom stereocenters. The molecule has 3 saturated heterocycles. The van der Waals surface area contributed by atoms with Crippen molar-refractivity contribution in [2.24, 2.45) is 5.41 Å². The number of allylic oxidation sites excluding steroid dienone is 1. The number of nitrogens with one attached hydrogen (secondary N) is 2. The molecular weight excluding hydrogens is 823 g/mol. The van der Waals surface area contributed by atoms with Gasteiger partial charge in [-0.15, -0.1) is 6.58 Å². The van der Waals surface area contributed by atoms with Crippen LogP contribution < -0.4 is 26.0 Å². The molecule has 1 spiro atoms. The van der Waals surface area contributed by atoms with E-state index in [1.807, 2.05) is 38.1 Å². The van der Waals surface area contributed by atoms with Crippen LogP contribution >= 0.6 is 0 Å². The van der Waals surface area contributed by atoms with Crippen molar-refractivity contribution < 1.29 is 19.2 Å². The number of carbonyl (C=O) groups excluding carboxylic acids is 4. The number of hydrogen-bond acceptors (Lipinski definition) is 12. The lowest BCUT2D eigenvalue weighted by atomic mass is 9.60. The van der Waals surface area contributed by atoms with E-state index in [1.165, 1.54) is 5.56 Å². The van der Waals surface area contributed by atoms with Gasteiger partial charge in [-0.2, -0.15) is 4.98 Å². The van der Waals surface area contributed by atoms with Crippen molar-refractivity contribution in [2.75, 3.05) is 54.4 Å². The molecular formula is C49H55N11O5. The van der Waals surface area contributed by atoms with E-state index in [9.17, 15) is 24.0 Å². The summed E-state index contributed by atoms with van der Waals surface area (Å²) < 4.78 is 3.42. The van der Waals surface area contributed by atoms with Crippen molar-refractivity contribution >= 4 is 57.7 Å². The highest BCUT2D eigenvalue weighted by atomic mass is 16.2. The molecule has 5 aromatic rings. The molecule has 2 unspecified atom stereocenters. The van der Waals surface area contributed by atoms with E-state index < -0.39 is 23.8 Å². The first-order chi connectivity index (χ1) is 31.6. The van der Waals surface area contributed by atoms with Crippen molar-refractivity contribution in [1.29, 1.82) is 0 Å². The van der Waals surface area contributed by atoms with E-state index in [-0.39, 0.29) is 29.7 Å². The van der Waals surface area contributed by atoms with E-state index >= 15 is 0 Å². The van der Waals surface area contributed by atoms with E-state index in [0.717, 1.165) is 99.0 Å². The number of nitrogens with zero attached hydrogens (tertiary/aromatic N) is 9. The predicted octanol–water partition coefficient (Wildman–Crippen LogP) is 5.57. The molecule has 3 aromatic heterocycles. The molecule has 0 bridgehead atoms. The minimum atomic E-state index is -0.967. The van der Waals surface area contributed by atoms with E-state index in [2.05, 4.69) is 62.0 Å². The van der Waals surface area contributed by atoms with E-state index in [0.29, 0.717) is 52.4 Å². The zero-order valence-electron chi connectivity index (χ0n) is 37.3. The molecule has 2 aliphatic carbocycles. The molecule has 11 rings (SSSR count). The molecule has 4 fully saturated rings. The molecule has 4 aliphatic heterocycles. The molecule has 1 saturated carbocycles. The number of anilines is 4. The summed E-state index contributed by atoms with van der Waals surface area (Å²) in [5.41, 5.74) is 6.51. The number of piperidine rings is 1. The maximum absolute atomic E-state index is 13.5. The van der Waals surface area contributed by atoms with Crippen LogP contribution in [0.2, 0.25) is 0 Å². The van der Waals surface area contributed by atoms with Crippen LogP contribution in [-0.4, -0.2) is 109 Å². The average molecular weight is 878 g/mol. The largest absolute Gasteiger partial charge is 0.370 e. The predicted molar refractivity (Wildman–Crippen MR) is 248 cm³/mol. The van der Waals surface area contributed by atoms with Crippen LogP contribution in [0.5, 0.6) is 0 Å². The Kier molecular flexibility index (Phi) is 10.9. The molecule has 16 nitrogen and oxygen atoms in total. The molecule has 2 aromatic carbocycles. The minimum Gasteiger partial charge on any atom is -0.370 e. The number of piperazine rings is 1. The van der Waals surface area contributed by atoms with Crippen molar-refractivity contribution in [3.8, 4) is 5.82 Å². The number of amides is 4. The van der Waals surface area contributed by atoms with Crippen LogP contribution in [0.4, 0.5) is 23.0 Å². The van der Waals surface area contributed by atoms with Gasteiger partial charge in [0.05, 0.1) is 17.7 Å². The maximum Gasteiger partial charge on any atom is 0.278 e.